The summed E-state index contributed by atoms with van der Waals surface area (Å²) >= 11 is 0. The van der Waals surface area contributed by atoms with E-state index in [1.165, 1.54) is 25.5 Å². The van der Waals surface area contributed by atoms with Crippen molar-refractivity contribution in [1.29, 1.82) is 10.5 Å². The molecule has 68 valence electrons. The molecule has 0 unspecified atom stereocenters. The fraction of sp³-hybridized carbons (Fsp3) is 0.600. The van der Waals surface area contributed by atoms with Crippen LogP contribution < -0.4 is 5.32 Å². The van der Waals surface area contributed by atoms with E-state index in [1.54, 1.807) is 0 Å². The Balaban J connectivity index is 2.37. The van der Waals surface area contributed by atoms with Crippen molar-refractivity contribution in [3.8, 4) is 12.1 Å². The number of allylic oxidation sites excluding steroid dienone is 1. The van der Waals surface area contributed by atoms with Crippen molar-refractivity contribution in [1.82, 2.24) is 5.32 Å². The van der Waals surface area contributed by atoms with Crippen LogP contribution in [0.1, 0.15) is 26.2 Å². The number of rotatable bonds is 3. The van der Waals surface area contributed by atoms with E-state index in [2.05, 4.69) is 12.2 Å². The van der Waals surface area contributed by atoms with Crippen LogP contribution in [0.5, 0.6) is 0 Å². The second-order valence-electron chi connectivity index (χ2n) is 3.43. The lowest BCUT2D eigenvalue weighted by Gasteiger charge is -2.31. The molecule has 1 saturated carbocycles. The van der Waals surface area contributed by atoms with Crippen molar-refractivity contribution in [3.63, 3.8) is 0 Å². The van der Waals surface area contributed by atoms with Gasteiger partial charge in [0.05, 0.1) is 0 Å². The van der Waals surface area contributed by atoms with E-state index in [-0.39, 0.29) is 5.57 Å². The molecule has 0 spiro atoms. The average Bonchev–Trinajstić information content (AvgIpc) is 2.03. The van der Waals surface area contributed by atoms with Crippen LogP contribution in [0, 0.1) is 28.6 Å². The molecule has 1 N–H and O–H groups in total. The summed E-state index contributed by atoms with van der Waals surface area (Å²) in [5.41, 5.74) is 0.145. The van der Waals surface area contributed by atoms with Gasteiger partial charge in [-0.1, -0.05) is 6.42 Å². The van der Waals surface area contributed by atoms with Crippen LogP contribution in [0.3, 0.4) is 0 Å². The molecule has 1 aliphatic rings. The molecule has 1 aliphatic carbocycles. The second kappa shape index (κ2) is 4.52. The van der Waals surface area contributed by atoms with Gasteiger partial charge < -0.3 is 5.32 Å². The molecule has 0 radical (unpaired) electrons. The van der Waals surface area contributed by atoms with Crippen molar-refractivity contribution in [2.24, 2.45) is 5.92 Å². The van der Waals surface area contributed by atoms with Crippen molar-refractivity contribution >= 4 is 0 Å². The Kier molecular flexibility index (Phi) is 3.34. The summed E-state index contributed by atoms with van der Waals surface area (Å²) < 4.78 is 0. The highest BCUT2D eigenvalue weighted by Crippen LogP contribution is 2.29. The van der Waals surface area contributed by atoms with Gasteiger partial charge in [0.2, 0.25) is 0 Å². The van der Waals surface area contributed by atoms with Crippen LogP contribution in [0.2, 0.25) is 0 Å². The minimum atomic E-state index is 0.145. The van der Waals surface area contributed by atoms with Crippen LogP contribution in [-0.2, 0) is 0 Å². The minimum absolute atomic E-state index is 0.145. The first kappa shape index (κ1) is 9.61. The van der Waals surface area contributed by atoms with Gasteiger partial charge in [-0.25, -0.2) is 0 Å². The smallest absolute Gasteiger partial charge is 0.145 e. The van der Waals surface area contributed by atoms with Gasteiger partial charge in [-0.05, 0) is 25.7 Å². The van der Waals surface area contributed by atoms with Gasteiger partial charge in [-0.3, -0.25) is 0 Å². The molecule has 1 rings (SSSR count). The first-order valence-corrected chi connectivity index (χ1v) is 4.54. The van der Waals surface area contributed by atoms with E-state index in [1.807, 2.05) is 12.1 Å². The van der Waals surface area contributed by atoms with Crippen molar-refractivity contribution < 1.29 is 0 Å². The highest BCUT2D eigenvalue weighted by Gasteiger charge is 2.22. The summed E-state index contributed by atoms with van der Waals surface area (Å²) in [4.78, 5) is 0. The lowest BCUT2D eigenvalue weighted by Crippen LogP contribution is -2.34. The molecule has 0 heterocycles. The molecule has 0 amide bonds. The third kappa shape index (κ3) is 2.49. The Labute approximate surface area is 78.7 Å². The molecule has 0 aliphatic heterocycles. The summed E-state index contributed by atoms with van der Waals surface area (Å²) in [5, 5.41) is 20.0. The van der Waals surface area contributed by atoms with Gasteiger partial charge in [-0.15, -0.1) is 0 Å². The summed E-state index contributed by atoms with van der Waals surface area (Å²) in [6, 6.07) is 4.02. The van der Waals surface area contributed by atoms with Crippen molar-refractivity contribution in [2.45, 2.75) is 32.2 Å². The molecule has 0 aromatic rings. The van der Waals surface area contributed by atoms with Gasteiger partial charge in [0.25, 0.3) is 0 Å². The SMILES string of the molecule is C[C@@H](NC=C(C#N)C#N)C1CCC1. The molecule has 0 saturated heterocycles. The summed E-state index contributed by atoms with van der Waals surface area (Å²) in [7, 11) is 0. The van der Waals surface area contributed by atoms with Crippen LogP contribution in [0.4, 0.5) is 0 Å². The lowest BCUT2D eigenvalue weighted by atomic mass is 9.80. The monoisotopic (exact) mass is 175 g/mol. The standard InChI is InChI=1S/C10H13N3/c1-8(10-3-2-4-10)13-7-9(5-11)6-12/h7-8,10,13H,2-4H2,1H3/t8-/m1/s1. The molecule has 0 bridgehead atoms. The zero-order valence-corrected chi connectivity index (χ0v) is 7.75. The van der Waals surface area contributed by atoms with E-state index in [4.69, 9.17) is 10.5 Å². The maximum Gasteiger partial charge on any atom is 0.145 e. The van der Waals surface area contributed by atoms with Crippen LogP contribution in [-0.4, -0.2) is 6.04 Å². The summed E-state index contributed by atoms with van der Waals surface area (Å²) in [5.74, 6) is 0.717. The maximum atomic E-state index is 8.47. The third-order valence-electron chi connectivity index (χ3n) is 2.59. The molecule has 1 atom stereocenters. The van der Waals surface area contributed by atoms with Crippen molar-refractivity contribution in [3.05, 3.63) is 11.8 Å². The van der Waals surface area contributed by atoms with E-state index in [0.717, 1.165) is 5.92 Å². The zero-order valence-electron chi connectivity index (χ0n) is 7.75. The summed E-state index contributed by atoms with van der Waals surface area (Å²) in [6.07, 6.45) is 5.35. The first-order valence-electron chi connectivity index (χ1n) is 4.54. The number of nitrogens with zero attached hydrogens (tertiary/aromatic N) is 2. The van der Waals surface area contributed by atoms with Gasteiger partial charge in [0.1, 0.15) is 17.7 Å². The van der Waals surface area contributed by atoms with E-state index >= 15 is 0 Å². The summed E-state index contributed by atoms with van der Waals surface area (Å²) in [6.45, 7) is 2.09. The number of hydrogen-bond donors (Lipinski definition) is 1. The fourth-order valence-electron chi connectivity index (χ4n) is 1.38. The normalized spacial score (nSPS) is 17.5. The zero-order chi connectivity index (χ0) is 9.68. The van der Waals surface area contributed by atoms with E-state index < -0.39 is 0 Å². The van der Waals surface area contributed by atoms with Crippen LogP contribution in [0.25, 0.3) is 0 Å². The fourth-order valence-corrected chi connectivity index (χ4v) is 1.38. The minimum Gasteiger partial charge on any atom is -0.387 e. The maximum absolute atomic E-state index is 8.47. The predicted molar refractivity (Wildman–Crippen MR) is 49.2 cm³/mol. The van der Waals surface area contributed by atoms with Gasteiger partial charge >= 0.3 is 0 Å². The van der Waals surface area contributed by atoms with Gasteiger partial charge in [-0.2, -0.15) is 10.5 Å². The Morgan fingerprint density at radius 2 is 2.08 bits per heavy atom. The molecule has 3 nitrogen and oxygen atoms in total. The molecule has 3 heteroatoms. The lowest BCUT2D eigenvalue weighted by molar-refractivity contribution is 0.254. The third-order valence-corrected chi connectivity index (χ3v) is 2.59. The Morgan fingerprint density at radius 3 is 2.46 bits per heavy atom. The van der Waals surface area contributed by atoms with E-state index in [9.17, 15) is 0 Å². The Morgan fingerprint density at radius 1 is 1.46 bits per heavy atom. The topological polar surface area (TPSA) is 59.6 Å². The highest BCUT2D eigenvalue weighted by atomic mass is 14.9. The van der Waals surface area contributed by atoms with Gasteiger partial charge in [0, 0.05) is 12.2 Å². The Bertz CT molecular complexity index is 260. The Hall–Kier alpha value is -1.48. The average molecular weight is 175 g/mol. The van der Waals surface area contributed by atoms with Crippen molar-refractivity contribution in [2.75, 3.05) is 0 Å². The molecule has 13 heavy (non-hydrogen) atoms. The van der Waals surface area contributed by atoms with Gasteiger partial charge in [0.15, 0.2) is 0 Å². The molecular weight excluding hydrogens is 162 g/mol. The number of nitriles is 2. The first-order chi connectivity index (χ1) is 6.27. The van der Waals surface area contributed by atoms with Crippen LogP contribution >= 0.6 is 0 Å². The number of nitrogens with one attached hydrogen (secondary N) is 1. The molecule has 0 aromatic heterocycles. The number of hydrogen-bond acceptors (Lipinski definition) is 3. The molecular formula is C10H13N3. The highest BCUT2D eigenvalue weighted by molar-refractivity contribution is 5.34. The van der Waals surface area contributed by atoms with Crippen LogP contribution in [0.15, 0.2) is 11.8 Å². The quantitative estimate of drug-likeness (QED) is 0.664. The van der Waals surface area contributed by atoms with E-state index in [0.29, 0.717) is 6.04 Å². The predicted octanol–water partition coefficient (Wildman–Crippen LogP) is 1.70. The molecule has 0 aromatic carbocycles. The molecule has 1 fully saturated rings. The second-order valence-corrected chi connectivity index (χ2v) is 3.43. The largest absolute Gasteiger partial charge is 0.387 e.